The summed E-state index contributed by atoms with van der Waals surface area (Å²) in [5.74, 6) is 2.26. The molecule has 0 aromatic carbocycles. The summed E-state index contributed by atoms with van der Waals surface area (Å²) < 4.78 is 5.52. The second-order valence-electron chi connectivity index (χ2n) is 4.82. The number of hydrogen-bond acceptors (Lipinski definition) is 5. The third-order valence-electron chi connectivity index (χ3n) is 3.69. The maximum Gasteiger partial charge on any atom is 0.221 e. The van der Waals surface area contributed by atoms with E-state index >= 15 is 0 Å². The highest BCUT2D eigenvalue weighted by molar-refractivity contribution is 5.52. The highest BCUT2D eigenvalue weighted by Gasteiger charge is 2.32. The molecule has 0 saturated carbocycles. The van der Waals surface area contributed by atoms with Gasteiger partial charge in [0, 0.05) is 19.1 Å². The lowest BCUT2D eigenvalue weighted by molar-refractivity contribution is 0.323. The first-order chi connectivity index (χ1) is 8.69. The van der Waals surface area contributed by atoms with Crippen molar-refractivity contribution in [2.75, 3.05) is 24.6 Å². The number of nitrogens with zero attached hydrogens (tertiary/aromatic N) is 3. The predicted molar refractivity (Wildman–Crippen MR) is 71.9 cm³/mol. The van der Waals surface area contributed by atoms with E-state index in [-0.39, 0.29) is 0 Å². The van der Waals surface area contributed by atoms with E-state index in [2.05, 4.69) is 21.8 Å². The Morgan fingerprint density at radius 1 is 1.50 bits per heavy atom. The first kappa shape index (κ1) is 13.1. The van der Waals surface area contributed by atoms with Gasteiger partial charge in [-0.3, -0.25) is 0 Å². The molecule has 1 aromatic rings. The molecule has 0 radical (unpaired) electrons. The molecular weight excluding hydrogens is 228 g/mol. The van der Waals surface area contributed by atoms with Crippen molar-refractivity contribution >= 4 is 5.82 Å². The molecule has 0 spiro atoms. The molecule has 18 heavy (non-hydrogen) atoms. The highest BCUT2D eigenvalue weighted by Crippen LogP contribution is 2.32. The van der Waals surface area contributed by atoms with Gasteiger partial charge >= 0.3 is 0 Å². The Bertz CT molecular complexity index is 410. The van der Waals surface area contributed by atoms with Crippen LogP contribution in [-0.4, -0.2) is 35.7 Å². The van der Waals surface area contributed by atoms with E-state index in [4.69, 9.17) is 10.5 Å². The second-order valence-corrected chi connectivity index (χ2v) is 4.82. The summed E-state index contributed by atoms with van der Waals surface area (Å²) in [6.07, 6.45) is 2.74. The molecular formula is C13H22N4O. The van der Waals surface area contributed by atoms with Gasteiger partial charge in [-0.2, -0.15) is 0 Å². The summed E-state index contributed by atoms with van der Waals surface area (Å²) in [5.41, 5.74) is 6.89. The van der Waals surface area contributed by atoms with Crippen molar-refractivity contribution in [3.05, 3.63) is 11.9 Å². The fourth-order valence-corrected chi connectivity index (χ4v) is 2.63. The molecule has 5 heteroatoms. The van der Waals surface area contributed by atoms with Crippen LogP contribution in [0.4, 0.5) is 5.82 Å². The smallest absolute Gasteiger partial charge is 0.221 e. The average molecular weight is 250 g/mol. The minimum atomic E-state index is 0.369. The van der Waals surface area contributed by atoms with Crippen LogP contribution >= 0.6 is 0 Å². The van der Waals surface area contributed by atoms with Crippen LogP contribution in [-0.2, 0) is 0 Å². The Morgan fingerprint density at radius 3 is 2.94 bits per heavy atom. The van der Waals surface area contributed by atoms with Gasteiger partial charge in [-0.15, -0.1) is 0 Å². The Morgan fingerprint density at radius 2 is 2.28 bits per heavy atom. The zero-order valence-corrected chi connectivity index (χ0v) is 11.4. The maximum atomic E-state index is 5.88. The van der Waals surface area contributed by atoms with Gasteiger partial charge in [0.15, 0.2) is 0 Å². The molecule has 1 aromatic heterocycles. The summed E-state index contributed by atoms with van der Waals surface area (Å²) in [6, 6.07) is 0.369. The average Bonchev–Trinajstić information content (AvgIpc) is 2.73. The molecule has 2 N–H and O–H groups in total. The standard InChI is InChI=1S/C13H22N4O/c1-4-18-13-10(3)12(15-8-16-13)17-6-5-9(2)11(17)7-14/h8-9,11H,4-7,14H2,1-3H3. The monoisotopic (exact) mass is 250 g/mol. The number of ether oxygens (including phenoxy) is 1. The van der Waals surface area contributed by atoms with Crippen molar-refractivity contribution in [1.29, 1.82) is 0 Å². The van der Waals surface area contributed by atoms with Crippen LogP contribution in [0.5, 0.6) is 5.88 Å². The van der Waals surface area contributed by atoms with E-state index in [9.17, 15) is 0 Å². The molecule has 100 valence electrons. The van der Waals surface area contributed by atoms with E-state index in [0.29, 0.717) is 31.0 Å². The van der Waals surface area contributed by atoms with Crippen LogP contribution in [0.25, 0.3) is 0 Å². The highest BCUT2D eigenvalue weighted by atomic mass is 16.5. The summed E-state index contributed by atoms with van der Waals surface area (Å²) in [6.45, 7) is 8.51. The Balaban J connectivity index is 2.30. The van der Waals surface area contributed by atoms with Crippen molar-refractivity contribution in [2.45, 2.75) is 33.2 Å². The van der Waals surface area contributed by atoms with Crippen molar-refractivity contribution < 1.29 is 4.74 Å². The SMILES string of the molecule is CCOc1ncnc(N2CCC(C)C2CN)c1C. The normalized spacial score (nSPS) is 23.4. The van der Waals surface area contributed by atoms with Gasteiger partial charge in [-0.05, 0) is 26.2 Å². The van der Waals surface area contributed by atoms with Crippen LogP contribution < -0.4 is 15.4 Å². The lowest BCUT2D eigenvalue weighted by atomic mass is 10.0. The van der Waals surface area contributed by atoms with E-state index in [0.717, 1.165) is 24.3 Å². The van der Waals surface area contributed by atoms with Gasteiger partial charge in [0.25, 0.3) is 0 Å². The predicted octanol–water partition coefficient (Wildman–Crippen LogP) is 1.36. The third kappa shape index (κ3) is 2.27. The molecule has 1 aliphatic rings. The van der Waals surface area contributed by atoms with Crippen LogP contribution in [0.2, 0.25) is 0 Å². The molecule has 2 atom stereocenters. The zero-order chi connectivity index (χ0) is 13.1. The summed E-state index contributed by atoms with van der Waals surface area (Å²) in [4.78, 5) is 10.9. The van der Waals surface area contributed by atoms with Crippen molar-refractivity contribution in [3.63, 3.8) is 0 Å². The number of hydrogen-bond donors (Lipinski definition) is 1. The molecule has 2 unspecified atom stereocenters. The maximum absolute atomic E-state index is 5.88. The molecule has 0 bridgehead atoms. The number of rotatable bonds is 4. The van der Waals surface area contributed by atoms with E-state index in [1.807, 2.05) is 13.8 Å². The lowest BCUT2D eigenvalue weighted by Gasteiger charge is -2.28. The first-order valence-corrected chi connectivity index (χ1v) is 6.60. The minimum absolute atomic E-state index is 0.369. The summed E-state index contributed by atoms with van der Waals surface area (Å²) in [7, 11) is 0. The molecule has 1 aliphatic heterocycles. The summed E-state index contributed by atoms with van der Waals surface area (Å²) >= 11 is 0. The fourth-order valence-electron chi connectivity index (χ4n) is 2.63. The minimum Gasteiger partial charge on any atom is -0.478 e. The first-order valence-electron chi connectivity index (χ1n) is 6.60. The fraction of sp³-hybridized carbons (Fsp3) is 0.692. The zero-order valence-electron chi connectivity index (χ0n) is 11.4. The third-order valence-corrected chi connectivity index (χ3v) is 3.69. The van der Waals surface area contributed by atoms with Gasteiger partial charge in [-0.25, -0.2) is 9.97 Å². The Hall–Kier alpha value is -1.36. The molecule has 1 fully saturated rings. The van der Waals surface area contributed by atoms with Crippen molar-refractivity contribution in [3.8, 4) is 5.88 Å². The second kappa shape index (κ2) is 5.52. The molecule has 0 amide bonds. The van der Waals surface area contributed by atoms with Crippen LogP contribution in [0, 0.1) is 12.8 Å². The van der Waals surface area contributed by atoms with Crippen LogP contribution in [0.3, 0.4) is 0 Å². The molecule has 1 saturated heterocycles. The van der Waals surface area contributed by atoms with Gasteiger partial charge < -0.3 is 15.4 Å². The molecule has 5 nitrogen and oxygen atoms in total. The van der Waals surface area contributed by atoms with Crippen molar-refractivity contribution in [1.82, 2.24) is 9.97 Å². The summed E-state index contributed by atoms with van der Waals surface area (Å²) in [5, 5.41) is 0. The quantitative estimate of drug-likeness (QED) is 0.874. The topological polar surface area (TPSA) is 64.3 Å². The van der Waals surface area contributed by atoms with Crippen LogP contribution in [0.1, 0.15) is 25.8 Å². The largest absolute Gasteiger partial charge is 0.478 e. The van der Waals surface area contributed by atoms with Gasteiger partial charge in [0.05, 0.1) is 12.2 Å². The number of aromatic nitrogens is 2. The van der Waals surface area contributed by atoms with Gasteiger partial charge in [0.2, 0.25) is 5.88 Å². The Labute approximate surface area is 108 Å². The molecule has 2 heterocycles. The molecule has 2 rings (SSSR count). The molecule has 0 aliphatic carbocycles. The van der Waals surface area contributed by atoms with Gasteiger partial charge in [-0.1, -0.05) is 6.92 Å². The van der Waals surface area contributed by atoms with Crippen LogP contribution in [0.15, 0.2) is 6.33 Å². The van der Waals surface area contributed by atoms with E-state index in [1.165, 1.54) is 0 Å². The van der Waals surface area contributed by atoms with Crippen molar-refractivity contribution in [2.24, 2.45) is 11.7 Å². The Kier molecular flexibility index (Phi) is 4.01. The number of nitrogens with two attached hydrogens (primary N) is 1. The van der Waals surface area contributed by atoms with Gasteiger partial charge in [0.1, 0.15) is 12.1 Å². The lowest BCUT2D eigenvalue weighted by Crippen LogP contribution is -2.39. The number of anilines is 1. The van der Waals surface area contributed by atoms with E-state index in [1.54, 1.807) is 6.33 Å². The van der Waals surface area contributed by atoms with E-state index < -0.39 is 0 Å².